The average Bonchev–Trinajstić information content (AvgIpc) is 2.78. The molecule has 1 aromatic heterocycles. The number of rotatable bonds is 3. The van der Waals surface area contributed by atoms with Crippen molar-refractivity contribution in [2.45, 2.75) is 0 Å². The molecule has 0 bridgehead atoms. The molecule has 0 saturated carbocycles. The lowest BCUT2D eigenvalue weighted by molar-refractivity contribution is -0.113. The summed E-state index contributed by atoms with van der Waals surface area (Å²) in [6.45, 7) is 0. The van der Waals surface area contributed by atoms with Crippen molar-refractivity contribution in [2.24, 2.45) is 0 Å². The fraction of sp³-hybridized carbons (Fsp3) is 0.0909. The van der Waals surface area contributed by atoms with Gasteiger partial charge in [0.1, 0.15) is 11.6 Å². The van der Waals surface area contributed by atoms with Crippen LogP contribution in [0.25, 0.3) is 11.1 Å². The van der Waals surface area contributed by atoms with E-state index in [9.17, 15) is 9.18 Å². The predicted molar refractivity (Wildman–Crippen MR) is 66.5 cm³/mol. The number of amides is 1. The number of nitrogens with one attached hydrogen (secondary N) is 2. The Kier molecular flexibility index (Phi) is 3.43. The van der Waals surface area contributed by atoms with E-state index in [1.54, 1.807) is 18.3 Å². The number of H-pyrrole nitrogens is 1. The van der Waals surface area contributed by atoms with Crippen LogP contribution in [0, 0.1) is 5.82 Å². The molecule has 0 aliphatic rings. The summed E-state index contributed by atoms with van der Waals surface area (Å²) in [5.41, 5.74) is 1.48. The van der Waals surface area contributed by atoms with Gasteiger partial charge < -0.3 is 5.32 Å². The maximum Gasteiger partial charge on any atom is 0.235 e. The van der Waals surface area contributed by atoms with Gasteiger partial charge in [0.25, 0.3) is 0 Å². The van der Waals surface area contributed by atoms with Crippen molar-refractivity contribution in [3.8, 4) is 11.1 Å². The summed E-state index contributed by atoms with van der Waals surface area (Å²) in [5, 5.41) is 9.15. The van der Waals surface area contributed by atoms with Crippen LogP contribution in [0.2, 0.25) is 0 Å². The minimum Gasteiger partial charge on any atom is -0.310 e. The number of aromatic amines is 1. The molecule has 0 aliphatic heterocycles. The van der Waals surface area contributed by atoms with Gasteiger partial charge in [-0.2, -0.15) is 17.7 Å². The zero-order valence-corrected chi connectivity index (χ0v) is 9.67. The summed E-state index contributed by atoms with van der Waals surface area (Å²) in [6, 6.07) is 5.95. The van der Waals surface area contributed by atoms with Crippen LogP contribution in [-0.4, -0.2) is 21.9 Å². The second kappa shape index (κ2) is 5.01. The molecule has 1 heterocycles. The van der Waals surface area contributed by atoms with Crippen LogP contribution in [0.4, 0.5) is 10.2 Å². The van der Waals surface area contributed by atoms with Gasteiger partial charge in [-0.15, -0.1) is 0 Å². The highest BCUT2D eigenvalue weighted by Crippen LogP contribution is 2.25. The van der Waals surface area contributed by atoms with Crippen molar-refractivity contribution in [1.82, 2.24) is 10.2 Å². The molecule has 0 atom stereocenters. The Morgan fingerprint density at radius 1 is 1.41 bits per heavy atom. The molecule has 2 aromatic rings. The fourth-order valence-corrected chi connectivity index (χ4v) is 1.49. The van der Waals surface area contributed by atoms with E-state index in [1.807, 2.05) is 0 Å². The molecule has 4 nitrogen and oxygen atoms in total. The van der Waals surface area contributed by atoms with E-state index in [-0.39, 0.29) is 17.5 Å². The number of nitrogens with zero attached hydrogens (tertiary/aromatic N) is 1. The van der Waals surface area contributed by atoms with Crippen molar-refractivity contribution >= 4 is 24.4 Å². The number of hydrogen-bond donors (Lipinski definition) is 3. The third kappa shape index (κ3) is 2.65. The van der Waals surface area contributed by atoms with Gasteiger partial charge in [0, 0.05) is 5.56 Å². The van der Waals surface area contributed by atoms with Crippen LogP contribution in [0.15, 0.2) is 30.5 Å². The molecule has 17 heavy (non-hydrogen) atoms. The minimum absolute atomic E-state index is 0.0852. The van der Waals surface area contributed by atoms with Gasteiger partial charge in [-0.05, 0) is 17.7 Å². The van der Waals surface area contributed by atoms with E-state index >= 15 is 0 Å². The maximum absolute atomic E-state index is 12.8. The Morgan fingerprint density at radius 2 is 2.12 bits per heavy atom. The van der Waals surface area contributed by atoms with Crippen LogP contribution in [-0.2, 0) is 4.79 Å². The summed E-state index contributed by atoms with van der Waals surface area (Å²) in [6.07, 6.45) is 1.57. The standard InChI is InChI=1S/C11H10FN3OS/c12-8-3-1-7(2-4-8)9-5-13-15-11(9)14-10(16)6-17/h1-5,17H,6H2,(H2,13,14,15,16). The largest absolute Gasteiger partial charge is 0.310 e. The number of halogens is 1. The zero-order valence-electron chi connectivity index (χ0n) is 8.77. The highest BCUT2D eigenvalue weighted by molar-refractivity contribution is 7.81. The van der Waals surface area contributed by atoms with Crippen LogP contribution < -0.4 is 5.32 Å². The number of benzene rings is 1. The normalized spacial score (nSPS) is 10.2. The van der Waals surface area contributed by atoms with E-state index < -0.39 is 0 Å². The second-order valence-corrected chi connectivity index (χ2v) is 3.69. The lowest BCUT2D eigenvalue weighted by atomic mass is 10.1. The van der Waals surface area contributed by atoms with Crippen LogP contribution in [0.1, 0.15) is 0 Å². The first-order valence-electron chi connectivity index (χ1n) is 4.90. The molecule has 0 unspecified atom stereocenters. The van der Waals surface area contributed by atoms with Crippen LogP contribution >= 0.6 is 12.6 Å². The van der Waals surface area contributed by atoms with E-state index in [0.717, 1.165) is 5.56 Å². The molecular weight excluding hydrogens is 241 g/mol. The van der Waals surface area contributed by atoms with Gasteiger partial charge in [-0.1, -0.05) is 12.1 Å². The molecule has 1 amide bonds. The van der Waals surface area contributed by atoms with E-state index in [2.05, 4.69) is 28.1 Å². The summed E-state index contributed by atoms with van der Waals surface area (Å²) >= 11 is 3.87. The first kappa shape index (κ1) is 11.7. The average molecular weight is 251 g/mol. The Labute approximate surface area is 103 Å². The molecule has 0 aliphatic carbocycles. The maximum atomic E-state index is 12.8. The second-order valence-electron chi connectivity index (χ2n) is 3.37. The topological polar surface area (TPSA) is 57.8 Å². The quantitative estimate of drug-likeness (QED) is 0.731. The molecule has 0 fully saturated rings. The van der Waals surface area contributed by atoms with Crippen molar-refractivity contribution in [3.63, 3.8) is 0 Å². The summed E-state index contributed by atoms with van der Waals surface area (Å²) in [4.78, 5) is 11.2. The lowest BCUT2D eigenvalue weighted by Gasteiger charge is -2.04. The molecule has 88 valence electrons. The predicted octanol–water partition coefficient (Wildman–Crippen LogP) is 2.08. The summed E-state index contributed by atoms with van der Waals surface area (Å²) < 4.78 is 12.8. The number of aromatic nitrogens is 2. The Hall–Kier alpha value is -1.82. The van der Waals surface area contributed by atoms with E-state index in [1.165, 1.54) is 12.1 Å². The van der Waals surface area contributed by atoms with Gasteiger partial charge in [0.2, 0.25) is 5.91 Å². The highest BCUT2D eigenvalue weighted by Gasteiger charge is 2.09. The van der Waals surface area contributed by atoms with Crippen molar-refractivity contribution in [2.75, 3.05) is 11.1 Å². The number of carbonyl (C=O) groups excluding carboxylic acids is 1. The van der Waals surface area contributed by atoms with Gasteiger partial charge in [0.05, 0.1) is 11.9 Å². The number of thiol groups is 1. The molecule has 1 aromatic carbocycles. The Balaban J connectivity index is 2.30. The van der Waals surface area contributed by atoms with E-state index in [4.69, 9.17) is 0 Å². The third-order valence-electron chi connectivity index (χ3n) is 2.20. The van der Waals surface area contributed by atoms with Crippen LogP contribution in [0.3, 0.4) is 0 Å². The molecule has 0 spiro atoms. The fourth-order valence-electron chi connectivity index (χ4n) is 1.41. The first-order chi connectivity index (χ1) is 8.20. The first-order valence-corrected chi connectivity index (χ1v) is 5.54. The Morgan fingerprint density at radius 3 is 2.76 bits per heavy atom. The Bertz CT molecular complexity index is 524. The molecule has 0 radical (unpaired) electrons. The smallest absolute Gasteiger partial charge is 0.235 e. The van der Waals surface area contributed by atoms with Crippen LogP contribution in [0.5, 0.6) is 0 Å². The van der Waals surface area contributed by atoms with Gasteiger partial charge >= 0.3 is 0 Å². The number of carbonyl (C=O) groups is 1. The van der Waals surface area contributed by atoms with Crippen molar-refractivity contribution in [3.05, 3.63) is 36.3 Å². The number of hydrogen-bond acceptors (Lipinski definition) is 3. The molecule has 2 rings (SSSR count). The summed E-state index contributed by atoms with van der Waals surface area (Å²) in [7, 11) is 0. The van der Waals surface area contributed by atoms with Gasteiger partial charge in [0.15, 0.2) is 0 Å². The lowest BCUT2D eigenvalue weighted by Crippen LogP contribution is -2.13. The van der Waals surface area contributed by atoms with Gasteiger partial charge in [-0.25, -0.2) is 4.39 Å². The summed E-state index contributed by atoms with van der Waals surface area (Å²) in [5.74, 6) is 0.0248. The minimum atomic E-state index is -0.307. The number of anilines is 1. The molecule has 2 N–H and O–H groups in total. The van der Waals surface area contributed by atoms with Gasteiger partial charge in [-0.3, -0.25) is 9.89 Å². The van der Waals surface area contributed by atoms with E-state index in [0.29, 0.717) is 11.4 Å². The molecule has 0 saturated heterocycles. The highest BCUT2D eigenvalue weighted by atomic mass is 32.1. The third-order valence-corrected chi connectivity index (χ3v) is 2.49. The van der Waals surface area contributed by atoms with Crippen molar-refractivity contribution < 1.29 is 9.18 Å². The zero-order chi connectivity index (χ0) is 12.3. The monoisotopic (exact) mass is 251 g/mol. The molecular formula is C11H10FN3OS. The SMILES string of the molecule is O=C(CS)Nc1[nH]ncc1-c1ccc(F)cc1. The molecule has 6 heteroatoms. The van der Waals surface area contributed by atoms with Crippen molar-refractivity contribution in [1.29, 1.82) is 0 Å².